The molecule has 4 nitrogen and oxygen atoms in total. The highest BCUT2D eigenvalue weighted by Gasteiger charge is 2.29. The minimum Gasteiger partial charge on any atom is -0.377 e. The molecule has 0 unspecified atom stereocenters. The topological polar surface area (TPSA) is 27.7 Å². The molecule has 1 N–H and O–H groups in total. The average Bonchev–Trinajstić information content (AvgIpc) is 2.41. The summed E-state index contributed by atoms with van der Waals surface area (Å²) in [7, 11) is 0. The highest BCUT2D eigenvalue weighted by molar-refractivity contribution is 4.86. The van der Waals surface area contributed by atoms with Crippen LogP contribution >= 0.6 is 0 Å². The monoisotopic (exact) mass is 311 g/mol. The Kier molecular flexibility index (Phi) is 7.61. The van der Waals surface area contributed by atoms with E-state index in [1.165, 1.54) is 45.6 Å². The van der Waals surface area contributed by atoms with Gasteiger partial charge < -0.3 is 15.0 Å². The maximum Gasteiger partial charge on any atom is 0.0605 e. The van der Waals surface area contributed by atoms with E-state index in [9.17, 15) is 0 Å². The van der Waals surface area contributed by atoms with E-state index in [2.05, 4.69) is 42.8 Å². The number of hydrogen-bond donors (Lipinski definition) is 1. The first kappa shape index (κ1) is 18.2. The molecule has 4 heteroatoms. The Hall–Kier alpha value is -0.160. The van der Waals surface area contributed by atoms with Gasteiger partial charge in [-0.2, -0.15) is 0 Å². The van der Waals surface area contributed by atoms with Gasteiger partial charge in [0.2, 0.25) is 0 Å². The maximum absolute atomic E-state index is 6.01. The van der Waals surface area contributed by atoms with Crippen molar-refractivity contribution in [1.29, 1.82) is 0 Å². The quantitative estimate of drug-likeness (QED) is 0.705. The summed E-state index contributed by atoms with van der Waals surface area (Å²) in [4.78, 5) is 5.16. The van der Waals surface area contributed by atoms with Crippen LogP contribution in [0.15, 0.2) is 0 Å². The van der Waals surface area contributed by atoms with Crippen LogP contribution < -0.4 is 5.32 Å². The van der Waals surface area contributed by atoms with E-state index >= 15 is 0 Å². The van der Waals surface area contributed by atoms with Crippen LogP contribution in [0, 0.1) is 11.8 Å². The molecule has 0 spiro atoms. The van der Waals surface area contributed by atoms with Crippen LogP contribution in [-0.4, -0.2) is 74.4 Å². The number of rotatable bonds is 9. The summed E-state index contributed by atoms with van der Waals surface area (Å²) in [5.74, 6) is 1.53. The van der Waals surface area contributed by atoms with E-state index in [1.54, 1.807) is 0 Å². The van der Waals surface area contributed by atoms with Crippen molar-refractivity contribution in [2.24, 2.45) is 11.8 Å². The van der Waals surface area contributed by atoms with Gasteiger partial charge in [-0.1, -0.05) is 27.7 Å². The van der Waals surface area contributed by atoms with Crippen molar-refractivity contribution >= 4 is 0 Å². The predicted octanol–water partition coefficient (Wildman–Crippen LogP) is 2.05. The van der Waals surface area contributed by atoms with Crippen molar-refractivity contribution in [2.75, 3.05) is 52.4 Å². The standard InChI is InChI=1S/C18H37N3O/c1-15(2)13-19-17-11-18(12-17)22-10-9-20-5-7-21(8-6-20)14-16(3)4/h15-19H,5-14H2,1-4H3. The second-order valence-corrected chi connectivity index (χ2v) is 8.00. The molecule has 0 aromatic rings. The van der Waals surface area contributed by atoms with Crippen LogP contribution in [0.2, 0.25) is 0 Å². The summed E-state index contributed by atoms with van der Waals surface area (Å²) in [5, 5.41) is 3.61. The van der Waals surface area contributed by atoms with Gasteiger partial charge >= 0.3 is 0 Å². The Balaban J connectivity index is 1.46. The molecule has 2 rings (SSSR count). The third-order valence-corrected chi connectivity index (χ3v) is 4.76. The van der Waals surface area contributed by atoms with E-state index in [-0.39, 0.29) is 0 Å². The maximum atomic E-state index is 6.01. The van der Waals surface area contributed by atoms with Crippen molar-refractivity contribution in [2.45, 2.75) is 52.7 Å². The van der Waals surface area contributed by atoms with Crippen molar-refractivity contribution in [3.8, 4) is 0 Å². The Morgan fingerprint density at radius 3 is 2.18 bits per heavy atom. The molecule has 0 bridgehead atoms. The number of hydrogen-bond acceptors (Lipinski definition) is 4. The summed E-state index contributed by atoms with van der Waals surface area (Å²) in [5.41, 5.74) is 0. The smallest absolute Gasteiger partial charge is 0.0605 e. The van der Waals surface area contributed by atoms with Gasteiger partial charge in [-0.25, -0.2) is 0 Å². The summed E-state index contributed by atoms with van der Waals surface area (Å²) in [6.45, 7) is 18.4. The van der Waals surface area contributed by atoms with E-state index < -0.39 is 0 Å². The van der Waals surface area contributed by atoms with Crippen molar-refractivity contribution in [1.82, 2.24) is 15.1 Å². The van der Waals surface area contributed by atoms with Gasteiger partial charge in [0.05, 0.1) is 12.7 Å². The Bertz CT molecular complexity index is 295. The molecule has 2 fully saturated rings. The first-order valence-electron chi connectivity index (χ1n) is 9.32. The number of nitrogens with zero attached hydrogens (tertiary/aromatic N) is 2. The lowest BCUT2D eigenvalue weighted by atomic mass is 9.89. The molecule has 1 saturated carbocycles. The summed E-state index contributed by atoms with van der Waals surface area (Å²) in [6.07, 6.45) is 2.91. The van der Waals surface area contributed by atoms with Crippen molar-refractivity contribution in [3.05, 3.63) is 0 Å². The van der Waals surface area contributed by atoms with Gasteiger partial charge in [0.15, 0.2) is 0 Å². The molecule has 22 heavy (non-hydrogen) atoms. The molecule has 1 aliphatic carbocycles. The summed E-state index contributed by atoms with van der Waals surface area (Å²) in [6, 6.07) is 0.701. The molecule has 0 aromatic heterocycles. The molecule has 0 amide bonds. The number of ether oxygens (including phenoxy) is 1. The molecule has 1 saturated heterocycles. The first-order chi connectivity index (χ1) is 10.5. The van der Waals surface area contributed by atoms with Crippen molar-refractivity contribution in [3.63, 3.8) is 0 Å². The zero-order chi connectivity index (χ0) is 15.9. The third kappa shape index (κ3) is 6.53. The average molecular weight is 312 g/mol. The number of piperazine rings is 1. The van der Waals surface area contributed by atoms with Gasteiger partial charge in [0.25, 0.3) is 0 Å². The summed E-state index contributed by atoms with van der Waals surface area (Å²) >= 11 is 0. The fraction of sp³-hybridized carbons (Fsp3) is 1.00. The molecular formula is C18H37N3O. The second-order valence-electron chi connectivity index (χ2n) is 8.00. The van der Waals surface area contributed by atoms with Crippen LogP contribution in [0.5, 0.6) is 0 Å². The first-order valence-corrected chi connectivity index (χ1v) is 9.32. The van der Waals surface area contributed by atoms with E-state index in [4.69, 9.17) is 4.74 Å². The molecule has 2 aliphatic rings. The van der Waals surface area contributed by atoms with Gasteiger partial charge in [0, 0.05) is 45.3 Å². The predicted molar refractivity (Wildman–Crippen MR) is 93.3 cm³/mol. The zero-order valence-corrected chi connectivity index (χ0v) is 15.2. The normalized spacial score (nSPS) is 27.5. The van der Waals surface area contributed by atoms with Crippen LogP contribution in [-0.2, 0) is 4.74 Å². The van der Waals surface area contributed by atoms with E-state index in [0.717, 1.165) is 31.5 Å². The number of nitrogens with one attached hydrogen (secondary N) is 1. The fourth-order valence-corrected chi connectivity index (χ4v) is 3.33. The van der Waals surface area contributed by atoms with Gasteiger partial charge in [0.1, 0.15) is 0 Å². The van der Waals surface area contributed by atoms with E-state index in [0.29, 0.717) is 12.1 Å². The van der Waals surface area contributed by atoms with Crippen LogP contribution in [0.25, 0.3) is 0 Å². The zero-order valence-electron chi connectivity index (χ0n) is 15.2. The molecular weight excluding hydrogens is 274 g/mol. The lowest BCUT2D eigenvalue weighted by Crippen LogP contribution is -2.49. The molecule has 0 radical (unpaired) electrons. The van der Waals surface area contributed by atoms with Crippen LogP contribution in [0.3, 0.4) is 0 Å². The van der Waals surface area contributed by atoms with E-state index in [1.807, 2.05) is 0 Å². The lowest BCUT2D eigenvalue weighted by molar-refractivity contribution is -0.0283. The SMILES string of the molecule is CC(C)CNC1CC(OCCN2CCN(CC(C)C)CC2)C1. The van der Waals surface area contributed by atoms with Gasteiger partial charge in [-0.3, -0.25) is 4.90 Å². The van der Waals surface area contributed by atoms with Gasteiger partial charge in [-0.15, -0.1) is 0 Å². The molecule has 0 aromatic carbocycles. The largest absolute Gasteiger partial charge is 0.377 e. The third-order valence-electron chi connectivity index (χ3n) is 4.76. The molecule has 0 atom stereocenters. The second kappa shape index (κ2) is 9.21. The Morgan fingerprint density at radius 1 is 0.955 bits per heavy atom. The Labute approximate surface area is 137 Å². The highest BCUT2D eigenvalue weighted by Crippen LogP contribution is 2.23. The molecule has 130 valence electrons. The van der Waals surface area contributed by atoms with Crippen LogP contribution in [0.4, 0.5) is 0 Å². The van der Waals surface area contributed by atoms with Crippen molar-refractivity contribution < 1.29 is 4.74 Å². The lowest BCUT2D eigenvalue weighted by Gasteiger charge is -2.38. The highest BCUT2D eigenvalue weighted by atomic mass is 16.5. The minimum absolute atomic E-state index is 0.506. The summed E-state index contributed by atoms with van der Waals surface area (Å²) < 4.78 is 6.01. The Morgan fingerprint density at radius 2 is 1.59 bits per heavy atom. The molecule has 1 heterocycles. The van der Waals surface area contributed by atoms with Crippen LogP contribution in [0.1, 0.15) is 40.5 Å². The van der Waals surface area contributed by atoms with Gasteiger partial charge in [-0.05, 0) is 31.2 Å². The minimum atomic E-state index is 0.506. The fourth-order valence-electron chi connectivity index (χ4n) is 3.33. The molecule has 1 aliphatic heterocycles.